The lowest BCUT2D eigenvalue weighted by atomic mass is 10.1. The lowest BCUT2D eigenvalue weighted by Gasteiger charge is -2.11. The summed E-state index contributed by atoms with van der Waals surface area (Å²) < 4.78 is 13.6. The van der Waals surface area contributed by atoms with Crippen molar-refractivity contribution in [2.45, 2.75) is 31.8 Å². The molecule has 0 aliphatic carbocycles. The average molecular weight is 303 g/mol. The first kappa shape index (κ1) is 14.3. The van der Waals surface area contributed by atoms with Crippen molar-refractivity contribution in [3.63, 3.8) is 0 Å². The fourth-order valence-corrected chi connectivity index (χ4v) is 3.48. The Hall–Kier alpha value is -1.62. The van der Waals surface area contributed by atoms with E-state index in [0.717, 1.165) is 47.1 Å². The molecule has 0 atom stereocenters. The van der Waals surface area contributed by atoms with Crippen molar-refractivity contribution < 1.29 is 4.39 Å². The minimum Gasteiger partial charge on any atom is -0.370 e. The van der Waals surface area contributed by atoms with Gasteiger partial charge in [0.15, 0.2) is 5.82 Å². The van der Waals surface area contributed by atoms with Crippen molar-refractivity contribution >= 4 is 17.6 Å². The molecule has 0 amide bonds. The third kappa shape index (κ3) is 3.02. The van der Waals surface area contributed by atoms with Crippen molar-refractivity contribution in [3.8, 4) is 11.4 Å². The topological polar surface area (TPSA) is 37.8 Å². The van der Waals surface area contributed by atoms with Crippen molar-refractivity contribution in [1.29, 1.82) is 0 Å². The van der Waals surface area contributed by atoms with E-state index in [1.54, 1.807) is 0 Å². The van der Waals surface area contributed by atoms with Gasteiger partial charge in [0.05, 0.1) is 5.69 Å². The zero-order chi connectivity index (χ0) is 14.8. The molecule has 0 radical (unpaired) electrons. The van der Waals surface area contributed by atoms with E-state index in [4.69, 9.17) is 0 Å². The van der Waals surface area contributed by atoms with Crippen LogP contribution in [-0.2, 0) is 11.5 Å². The molecular weight excluding hydrogens is 285 g/mol. The third-order valence-corrected chi connectivity index (χ3v) is 4.39. The summed E-state index contributed by atoms with van der Waals surface area (Å²) in [5.74, 6) is 3.12. The van der Waals surface area contributed by atoms with E-state index in [1.807, 2.05) is 24.8 Å². The summed E-state index contributed by atoms with van der Waals surface area (Å²) in [6, 6.07) is 4.94. The second kappa shape index (κ2) is 6.02. The molecule has 5 heteroatoms. The molecule has 1 N–H and O–H groups in total. The summed E-state index contributed by atoms with van der Waals surface area (Å²) in [6.07, 6.45) is 1.04. The van der Waals surface area contributed by atoms with Crippen LogP contribution in [0.4, 0.5) is 10.2 Å². The Kier molecular flexibility index (Phi) is 4.10. The second-order valence-electron chi connectivity index (χ2n) is 5.26. The van der Waals surface area contributed by atoms with Gasteiger partial charge in [0.2, 0.25) is 0 Å². The molecule has 0 spiro atoms. The Bertz CT molecular complexity index is 653. The number of aromatic nitrogens is 2. The normalized spacial score (nSPS) is 13.3. The van der Waals surface area contributed by atoms with Crippen molar-refractivity contribution in [1.82, 2.24) is 9.97 Å². The van der Waals surface area contributed by atoms with Gasteiger partial charge in [-0.25, -0.2) is 14.4 Å². The average Bonchev–Trinajstić information content (AvgIpc) is 2.92. The van der Waals surface area contributed by atoms with Crippen LogP contribution in [0.2, 0.25) is 0 Å². The number of anilines is 1. The first-order valence-electron chi connectivity index (χ1n) is 7.16. The van der Waals surface area contributed by atoms with Crippen LogP contribution in [0.25, 0.3) is 11.4 Å². The van der Waals surface area contributed by atoms with Gasteiger partial charge in [0, 0.05) is 29.2 Å². The van der Waals surface area contributed by atoms with E-state index in [-0.39, 0.29) is 5.82 Å². The van der Waals surface area contributed by atoms with Gasteiger partial charge in [0.25, 0.3) is 0 Å². The summed E-state index contributed by atoms with van der Waals surface area (Å²) in [4.78, 5) is 9.27. The molecule has 3 nitrogen and oxygen atoms in total. The molecule has 21 heavy (non-hydrogen) atoms. The maximum atomic E-state index is 13.6. The van der Waals surface area contributed by atoms with Gasteiger partial charge in [-0.1, -0.05) is 6.92 Å². The number of halogens is 1. The number of nitrogens with zero attached hydrogens (tertiary/aromatic N) is 2. The molecule has 0 saturated carbocycles. The Morgan fingerprint density at radius 2 is 2.10 bits per heavy atom. The predicted molar refractivity (Wildman–Crippen MR) is 85.9 cm³/mol. The molecule has 1 aromatic carbocycles. The first-order valence-corrected chi connectivity index (χ1v) is 8.32. The van der Waals surface area contributed by atoms with Gasteiger partial charge < -0.3 is 5.32 Å². The highest BCUT2D eigenvalue weighted by Crippen LogP contribution is 2.34. The molecule has 0 fully saturated rings. The Balaban J connectivity index is 2.06. The number of nitrogens with one attached hydrogen (secondary N) is 1. The van der Waals surface area contributed by atoms with Crippen molar-refractivity contribution in [3.05, 3.63) is 40.8 Å². The van der Waals surface area contributed by atoms with E-state index < -0.39 is 0 Å². The SMILES string of the molecule is CCCNc1nc(-c2cc(C)cc(F)c2)nc2c1CSC2. The molecule has 2 aromatic rings. The summed E-state index contributed by atoms with van der Waals surface area (Å²) in [5.41, 5.74) is 3.90. The molecule has 1 aliphatic rings. The summed E-state index contributed by atoms with van der Waals surface area (Å²) in [6.45, 7) is 4.89. The van der Waals surface area contributed by atoms with E-state index >= 15 is 0 Å². The third-order valence-electron chi connectivity index (χ3n) is 3.42. The Morgan fingerprint density at radius 1 is 1.24 bits per heavy atom. The summed E-state index contributed by atoms with van der Waals surface area (Å²) in [5, 5.41) is 3.38. The molecular formula is C16H18FN3S. The number of benzene rings is 1. The number of aryl methyl sites for hydroxylation is 1. The van der Waals surface area contributed by atoms with Crippen LogP contribution in [0, 0.1) is 12.7 Å². The largest absolute Gasteiger partial charge is 0.370 e. The van der Waals surface area contributed by atoms with Crippen LogP contribution in [0.1, 0.15) is 30.2 Å². The lowest BCUT2D eigenvalue weighted by Crippen LogP contribution is -2.08. The summed E-state index contributed by atoms with van der Waals surface area (Å²) >= 11 is 1.84. The van der Waals surface area contributed by atoms with Gasteiger partial charge in [-0.2, -0.15) is 11.8 Å². The molecule has 110 valence electrons. The summed E-state index contributed by atoms with van der Waals surface area (Å²) in [7, 11) is 0. The molecule has 0 saturated heterocycles. The number of rotatable bonds is 4. The van der Waals surface area contributed by atoms with E-state index in [9.17, 15) is 4.39 Å². The van der Waals surface area contributed by atoms with Crippen molar-refractivity contribution in [2.75, 3.05) is 11.9 Å². The molecule has 2 heterocycles. The van der Waals surface area contributed by atoms with Crippen LogP contribution in [-0.4, -0.2) is 16.5 Å². The predicted octanol–water partition coefficient (Wildman–Crippen LogP) is 4.16. The zero-order valence-corrected chi connectivity index (χ0v) is 13.1. The maximum absolute atomic E-state index is 13.6. The van der Waals surface area contributed by atoms with Crippen LogP contribution >= 0.6 is 11.8 Å². The number of hydrogen-bond acceptors (Lipinski definition) is 4. The van der Waals surface area contributed by atoms with Gasteiger partial charge in [-0.15, -0.1) is 0 Å². The maximum Gasteiger partial charge on any atom is 0.161 e. The highest BCUT2D eigenvalue weighted by atomic mass is 32.2. The van der Waals surface area contributed by atoms with Gasteiger partial charge in [-0.3, -0.25) is 0 Å². The molecule has 1 aromatic heterocycles. The van der Waals surface area contributed by atoms with E-state index in [2.05, 4.69) is 22.2 Å². The highest BCUT2D eigenvalue weighted by Gasteiger charge is 2.20. The van der Waals surface area contributed by atoms with Crippen LogP contribution < -0.4 is 5.32 Å². The van der Waals surface area contributed by atoms with Crippen molar-refractivity contribution in [2.24, 2.45) is 0 Å². The van der Waals surface area contributed by atoms with Crippen LogP contribution in [0.3, 0.4) is 0 Å². The van der Waals surface area contributed by atoms with E-state index in [0.29, 0.717) is 5.82 Å². The minimum atomic E-state index is -0.244. The second-order valence-corrected chi connectivity index (χ2v) is 6.24. The smallest absolute Gasteiger partial charge is 0.161 e. The molecule has 1 aliphatic heterocycles. The minimum absolute atomic E-state index is 0.244. The van der Waals surface area contributed by atoms with Gasteiger partial charge in [0.1, 0.15) is 11.6 Å². The standard InChI is InChI=1S/C16H18FN3S/c1-3-4-18-16-13-8-21-9-14(13)19-15(20-16)11-5-10(2)6-12(17)7-11/h5-7H,3-4,8-9H2,1-2H3,(H,18,19,20). The number of fused-ring (bicyclic) bond motifs is 1. The molecule has 0 unspecified atom stereocenters. The highest BCUT2D eigenvalue weighted by molar-refractivity contribution is 7.98. The van der Waals surface area contributed by atoms with Gasteiger partial charge >= 0.3 is 0 Å². The monoisotopic (exact) mass is 303 g/mol. The van der Waals surface area contributed by atoms with E-state index in [1.165, 1.54) is 17.7 Å². The van der Waals surface area contributed by atoms with Gasteiger partial charge in [-0.05, 0) is 37.1 Å². The molecule has 3 rings (SSSR count). The number of thioether (sulfide) groups is 1. The quantitative estimate of drug-likeness (QED) is 0.920. The first-order chi connectivity index (χ1) is 10.2. The zero-order valence-electron chi connectivity index (χ0n) is 12.2. The lowest BCUT2D eigenvalue weighted by molar-refractivity contribution is 0.627. The fourth-order valence-electron chi connectivity index (χ4n) is 2.44. The number of hydrogen-bond donors (Lipinski definition) is 1. The Labute approximate surface area is 128 Å². The van der Waals surface area contributed by atoms with Crippen LogP contribution in [0.15, 0.2) is 18.2 Å². The Morgan fingerprint density at radius 3 is 2.86 bits per heavy atom. The molecule has 0 bridgehead atoms. The fraction of sp³-hybridized carbons (Fsp3) is 0.375. The van der Waals surface area contributed by atoms with Crippen LogP contribution in [0.5, 0.6) is 0 Å².